The van der Waals surface area contributed by atoms with Gasteiger partial charge in [0.2, 0.25) is 0 Å². The highest BCUT2D eigenvalue weighted by Crippen LogP contribution is 2.43. The number of H-pyrrole nitrogens is 1. The Kier molecular flexibility index (Phi) is 3.55. The molecule has 4 heterocycles. The van der Waals surface area contributed by atoms with E-state index < -0.39 is 10.2 Å². The van der Waals surface area contributed by atoms with Gasteiger partial charge in [0.1, 0.15) is 17.8 Å². The molecule has 130 valence electrons. The van der Waals surface area contributed by atoms with Crippen LogP contribution in [0.1, 0.15) is 19.8 Å². The van der Waals surface area contributed by atoms with Gasteiger partial charge in [0.05, 0.1) is 5.39 Å². The molecule has 2 aliphatic rings. The van der Waals surface area contributed by atoms with Crippen LogP contribution in [-0.4, -0.2) is 53.9 Å². The second kappa shape index (κ2) is 5.40. The van der Waals surface area contributed by atoms with E-state index in [0.717, 1.165) is 42.8 Å². The lowest BCUT2D eigenvalue weighted by atomic mass is 9.69. The summed E-state index contributed by atoms with van der Waals surface area (Å²) in [7, 11) is -3.64. The molecule has 0 aromatic carbocycles. The van der Waals surface area contributed by atoms with Gasteiger partial charge in [0, 0.05) is 37.8 Å². The summed E-state index contributed by atoms with van der Waals surface area (Å²) < 4.78 is 24.9. The molecule has 2 unspecified atom stereocenters. The van der Waals surface area contributed by atoms with Crippen molar-refractivity contribution in [1.29, 1.82) is 0 Å². The highest BCUT2D eigenvalue weighted by atomic mass is 32.2. The molecule has 4 rings (SSSR count). The van der Waals surface area contributed by atoms with E-state index in [-0.39, 0.29) is 5.41 Å². The second-order valence-electron chi connectivity index (χ2n) is 7.17. The van der Waals surface area contributed by atoms with E-state index in [9.17, 15) is 8.42 Å². The first-order valence-corrected chi connectivity index (χ1v) is 9.68. The van der Waals surface area contributed by atoms with Gasteiger partial charge in [-0.15, -0.1) is 0 Å². The summed E-state index contributed by atoms with van der Waals surface area (Å²) in [4.78, 5) is 14.1. The minimum atomic E-state index is -3.64. The Morgan fingerprint density at radius 3 is 2.88 bits per heavy atom. The van der Waals surface area contributed by atoms with Gasteiger partial charge in [-0.1, -0.05) is 6.92 Å². The standard InChI is InChI=1S/C15H22N6O2S/c1-15-8-20(14-12-2-5-17-13(12)18-10-19-14)6-3-11(15)4-7-21(9-15)24(16,22)23/h2,5,10-11H,3-4,6-9H2,1H3,(H2,16,22,23)(H,17,18,19). The van der Waals surface area contributed by atoms with Crippen molar-refractivity contribution in [2.45, 2.75) is 19.8 Å². The summed E-state index contributed by atoms with van der Waals surface area (Å²) >= 11 is 0. The maximum Gasteiger partial charge on any atom is 0.276 e. The summed E-state index contributed by atoms with van der Waals surface area (Å²) in [6, 6.07) is 1.98. The molecule has 2 aromatic rings. The monoisotopic (exact) mass is 350 g/mol. The van der Waals surface area contributed by atoms with E-state index in [4.69, 9.17) is 5.14 Å². The fourth-order valence-corrected chi connectivity index (χ4v) is 5.10. The number of rotatable bonds is 2. The minimum absolute atomic E-state index is 0.128. The highest BCUT2D eigenvalue weighted by molar-refractivity contribution is 7.86. The SMILES string of the molecule is CC12CN(c3ncnc4[nH]ccc34)CCC1CCN(S(N)(=O)=O)C2. The third-order valence-corrected chi connectivity index (χ3v) is 6.57. The number of hydrogen-bond donors (Lipinski definition) is 2. The molecular weight excluding hydrogens is 328 g/mol. The Labute approximate surface area is 141 Å². The zero-order valence-electron chi connectivity index (χ0n) is 13.6. The number of nitrogens with two attached hydrogens (primary N) is 1. The number of piperidine rings is 2. The number of hydrogen-bond acceptors (Lipinski definition) is 5. The summed E-state index contributed by atoms with van der Waals surface area (Å²) in [5.74, 6) is 1.42. The first-order valence-electron chi connectivity index (χ1n) is 8.18. The topological polar surface area (TPSA) is 108 Å². The number of anilines is 1. The molecule has 0 radical (unpaired) electrons. The molecule has 2 atom stereocenters. The van der Waals surface area contributed by atoms with Crippen LogP contribution in [0, 0.1) is 11.3 Å². The van der Waals surface area contributed by atoms with E-state index in [0.29, 0.717) is 19.0 Å². The Hall–Kier alpha value is -1.71. The number of aromatic amines is 1. The Morgan fingerprint density at radius 2 is 2.08 bits per heavy atom. The van der Waals surface area contributed by atoms with Gasteiger partial charge in [-0.05, 0) is 24.8 Å². The van der Waals surface area contributed by atoms with Gasteiger partial charge in [-0.2, -0.15) is 12.7 Å². The van der Waals surface area contributed by atoms with E-state index in [2.05, 4.69) is 26.8 Å². The van der Waals surface area contributed by atoms with Gasteiger partial charge >= 0.3 is 0 Å². The summed E-state index contributed by atoms with van der Waals surface area (Å²) in [5.41, 5.74) is 0.693. The normalized spacial score (nSPS) is 28.9. The van der Waals surface area contributed by atoms with Crippen molar-refractivity contribution >= 4 is 27.1 Å². The molecule has 0 aliphatic carbocycles. The average molecular weight is 350 g/mol. The summed E-state index contributed by atoms with van der Waals surface area (Å²) in [6.45, 7) is 4.84. The fraction of sp³-hybridized carbons (Fsp3) is 0.600. The van der Waals surface area contributed by atoms with Crippen LogP contribution < -0.4 is 10.0 Å². The van der Waals surface area contributed by atoms with Crippen LogP contribution >= 0.6 is 0 Å². The van der Waals surface area contributed by atoms with Gasteiger partial charge < -0.3 is 9.88 Å². The maximum atomic E-state index is 11.8. The predicted octanol–water partition coefficient (Wildman–Crippen LogP) is 0.700. The van der Waals surface area contributed by atoms with Crippen LogP contribution in [0.4, 0.5) is 5.82 Å². The molecule has 2 fully saturated rings. The second-order valence-corrected chi connectivity index (χ2v) is 8.71. The van der Waals surface area contributed by atoms with Crippen molar-refractivity contribution < 1.29 is 8.42 Å². The molecule has 2 aromatic heterocycles. The van der Waals surface area contributed by atoms with Crippen molar-refractivity contribution in [1.82, 2.24) is 19.3 Å². The predicted molar refractivity (Wildman–Crippen MR) is 91.6 cm³/mol. The molecule has 9 heteroatoms. The van der Waals surface area contributed by atoms with E-state index in [1.165, 1.54) is 4.31 Å². The molecular formula is C15H22N6O2S. The first-order chi connectivity index (χ1) is 11.4. The Balaban J connectivity index is 1.64. The molecule has 2 saturated heterocycles. The zero-order valence-corrected chi connectivity index (χ0v) is 14.5. The molecule has 2 aliphatic heterocycles. The molecule has 24 heavy (non-hydrogen) atoms. The smallest absolute Gasteiger partial charge is 0.276 e. The number of nitrogens with one attached hydrogen (secondary N) is 1. The minimum Gasteiger partial charge on any atom is -0.355 e. The van der Waals surface area contributed by atoms with E-state index in [1.54, 1.807) is 6.33 Å². The average Bonchev–Trinajstić information content (AvgIpc) is 3.00. The van der Waals surface area contributed by atoms with Crippen LogP contribution in [0.25, 0.3) is 11.0 Å². The summed E-state index contributed by atoms with van der Waals surface area (Å²) in [6.07, 6.45) is 5.33. The highest BCUT2D eigenvalue weighted by Gasteiger charge is 2.46. The molecule has 0 amide bonds. The first kappa shape index (κ1) is 15.8. The molecule has 0 saturated carbocycles. The van der Waals surface area contributed by atoms with Crippen LogP contribution in [0.2, 0.25) is 0 Å². The van der Waals surface area contributed by atoms with Gasteiger partial charge in [-0.3, -0.25) is 0 Å². The van der Waals surface area contributed by atoms with Crippen LogP contribution in [0.15, 0.2) is 18.6 Å². The van der Waals surface area contributed by atoms with Gasteiger partial charge in [0.25, 0.3) is 10.2 Å². The van der Waals surface area contributed by atoms with Crippen molar-refractivity contribution in [3.8, 4) is 0 Å². The molecule has 8 nitrogen and oxygen atoms in total. The third-order valence-electron chi connectivity index (χ3n) is 5.54. The van der Waals surface area contributed by atoms with Gasteiger partial charge in [0.15, 0.2) is 0 Å². The zero-order chi connectivity index (χ0) is 16.9. The largest absolute Gasteiger partial charge is 0.355 e. The van der Waals surface area contributed by atoms with Crippen molar-refractivity contribution in [3.05, 3.63) is 18.6 Å². The third kappa shape index (κ3) is 2.56. The number of fused-ring (bicyclic) bond motifs is 2. The fourth-order valence-electron chi connectivity index (χ4n) is 4.27. The lowest BCUT2D eigenvalue weighted by Gasteiger charge is -2.51. The van der Waals surface area contributed by atoms with Crippen molar-refractivity contribution in [2.24, 2.45) is 16.5 Å². The van der Waals surface area contributed by atoms with Crippen molar-refractivity contribution in [3.63, 3.8) is 0 Å². The van der Waals surface area contributed by atoms with Crippen molar-refractivity contribution in [2.75, 3.05) is 31.1 Å². The van der Waals surface area contributed by atoms with E-state index >= 15 is 0 Å². The van der Waals surface area contributed by atoms with E-state index in [1.807, 2.05) is 12.3 Å². The Bertz CT molecular complexity index is 866. The van der Waals surface area contributed by atoms with Gasteiger partial charge in [-0.25, -0.2) is 15.1 Å². The number of aromatic nitrogens is 3. The molecule has 0 bridgehead atoms. The quantitative estimate of drug-likeness (QED) is 0.829. The maximum absolute atomic E-state index is 11.8. The van der Waals surface area contributed by atoms with Crippen LogP contribution in [0.5, 0.6) is 0 Å². The lowest BCUT2D eigenvalue weighted by Crippen LogP contribution is -2.58. The Morgan fingerprint density at radius 1 is 1.29 bits per heavy atom. The molecule has 0 spiro atoms. The van der Waals surface area contributed by atoms with Crippen LogP contribution in [-0.2, 0) is 10.2 Å². The summed E-state index contributed by atoms with van der Waals surface area (Å²) in [5, 5.41) is 6.36. The van der Waals surface area contributed by atoms with Crippen LogP contribution in [0.3, 0.4) is 0 Å². The number of nitrogens with zero attached hydrogens (tertiary/aromatic N) is 4. The lowest BCUT2D eigenvalue weighted by molar-refractivity contribution is 0.0676. The molecule has 3 N–H and O–H groups in total.